The first kappa shape index (κ1) is 39.6. The number of benzene rings is 10. The van der Waals surface area contributed by atoms with Crippen LogP contribution in [0.5, 0.6) is 0 Å². The lowest BCUT2D eigenvalue weighted by Gasteiger charge is -2.42. The van der Waals surface area contributed by atoms with Crippen molar-refractivity contribution in [1.82, 2.24) is 0 Å². The van der Waals surface area contributed by atoms with E-state index in [0.29, 0.717) is 0 Å². The minimum Gasteiger partial charge on any atom is -0.310 e. The summed E-state index contributed by atoms with van der Waals surface area (Å²) in [6.45, 7) is 4.67. The molecule has 1 aliphatic heterocycles. The molecule has 10 aromatic carbocycles. The van der Waals surface area contributed by atoms with Gasteiger partial charge in [0.25, 0.3) is 0 Å². The van der Waals surface area contributed by atoms with E-state index in [-0.39, 0.29) is 5.41 Å². The molecule has 0 fully saturated rings. The zero-order valence-electron chi connectivity index (χ0n) is 36.6. The molecule has 65 heavy (non-hydrogen) atoms. The van der Waals surface area contributed by atoms with Crippen molar-refractivity contribution in [2.75, 3.05) is 9.80 Å². The molecule has 0 saturated heterocycles. The van der Waals surface area contributed by atoms with Crippen molar-refractivity contribution in [2.45, 2.75) is 19.3 Å². The van der Waals surface area contributed by atoms with Crippen LogP contribution in [0.15, 0.2) is 255 Å². The number of para-hydroxylation sites is 2. The summed E-state index contributed by atoms with van der Waals surface area (Å²) in [6.07, 6.45) is 0. The Morgan fingerprint density at radius 1 is 0.277 bits per heavy atom. The molecule has 0 saturated carbocycles. The van der Waals surface area contributed by atoms with Gasteiger partial charge >= 0.3 is 0 Å². The maximum atomic E-state index is 2.43. The van der Waals surface area contributed by atoms with Crippen LogP contribution in [-0.2, 0) is 5.41 Å². The lowest BCUT2D eigenvalue weighted by molar-refractivity contribution is 0.632. The van der Waals surface area contributed by atoms with E-state index in [4.69, 9.17) is 0 Å². The largest absolute Gasteiger partial charge is 0.310 e. The Bertz CT molecular complexity index is 2970. The second-order valence-electron chi connectivity index (χ2n) is 17.4. The van der Waals surface area contributed by atoms with Crippen molar-refractivity contribution in [3.05, 3.63) is 266 Å². The highest BCUT2D eigenvalue weighted by Crippen LogP contribution is 2.52. The summed E-state index contributed by atoms with van der Waals surface area (Å²) in [4.78, 5) is 4.87. The van der Waals surface area contributed by atoms with Gasteiger partial charge in [0.15, 0.2) is 0 Å². The molecule has 2 heteroatoms. The van der Waals surface area contributed by atoms with E-state index < -0.39 is 0 Å². The summed E-state index contributed by atoms with van der Waals surface area (Å²) >= 11 is 0. The fraction of sp³-hybridized carbons (Fsp3) is 0.0476. The Labute approximate surface area is 383 Å². The normalized spacial score (nSPS) is 12.6. The number of hydrogen-bond donors (Lipinski definition) is 0. The summed E-state index contributed by atoms with van der Waals surface area (Å²) in [5, 5.41) is 0. The zero-order chi connectivity index (χ0) is 43.7. The molecule has 2 nitrogen and oxygen atoms in total. The Balaban J connectivity index is 1.07. The summed E-state index contributed by atoms with van der Waals surface area (Å²) < 4.78 is 0. The molecule has 0 spiro atoms. The van der Waals surface area contributed by atoms with Crippen molar-refractivity contribution in [2.24, 2.45) is 0 Å². The molecule has 1 aliphatic rings. The Morgan fingerprint density at radius 2 is 0.631 bits per heavy atom. The van der Waals surface area contributed by atoms with Gasteiger partial charge in [-0.2, -0.15) is 0 Å². The van der Waals surface area contributed by atoms with E-state index in [2.05, 4.69) is 278 Å². The summed E-state index contributed by atoms with van der Waals surface area (Å²) in [5.41, 5.74) is 21.0. The Morgan fingerprint density at radius 3 is 1.05 bits per heavy atom. The van der Waals surface area contributed by atoms with Gasteiger partial charge in [-0.25, -0.2) is 0 Å². The van der Waals surface area contributed by atoms with Gasteiger partial charge in [-0.05, 0) is 140 Å². The Kier molecular flexibility index (Phi) is 10.3. The van der Waals surface area contributed by atoms with Crippen LogP contribution in [0.25, 0.3) is 55.6 Å². The fourth-order valence-corrected chi connectivity index (χ4v) is 9.69. The molecule has 0 unspecified atom stereocenters. The number of rotatable bonds is 9. The molecular weight excluding hydrogens is 785 g/mol. The van der Waals surface area contributed by atoms with E-state index in [1.165, 1.54) is 44.8 Å². The van der Waals surface area contributed by atoms with E-state index in [0.717, 1.165) is 56.1 Å². The second kappa shape index (κ2) is 16.8. The highest BCUT2D eigenvalue weighted by Gasteiger charge is 2.36. The molecule has 11 rings (SSSR count). The topological polar surface area (TPSA) is 6.48 Å². The molecule has 1 heterocycles. The third kappa shape index (κ3) is 7.60. The van der Waals surface area contributed by atoms with Crippen molar-refractivity contribution in [1.29, 1.82) is 0 Å². The third-order valence-electron chi connectivity index (χ3n) is 13.0. The van der Waals surface area contributed by atoms with E-state index in [1.54, 1.807) is 0 Å². The van der Waals surface area contributed by atoms with Gasteiger partial charge in [-0.15, -0.1) is 0 Å². The minimum absolute atomic E-state index is 0.117. The van der Waals surface area contributed by atoms with Gasteiger partial charge in [-0.3, -0.25) is 0 Å². The average Bonchev–Trinajstić information content (AvgIpc) is 3.38. The van der Waals surface area contributed by atoms with E-state index in [1.807, 2.05) is 0 Å². The maximum absolute atomic E-state index is 2.43. The number of hydrogen-bond acceptors (Lipinski definition) is 2. The van der Waals surface area contributed by atoms with E-state index >= 15 is 0 Å². The van der Waals surface area contributed by atoms with Crippen molar-refractivity contribution >= 4 is 34.1 Å². The van der Waals surface area contributed by atoms with Gasteiger partial charge in [0, 0.05) is 28.2 Å². The van der Waals surface area contributed by atoms with Crippen LogP contribution >= 0.6 is 0 Å². The third-order valence-corrected chi connectivity index (χ3v) is 13.0. The highest BCUT2D eigenvalue weighted by atomic mass is 15.2. The SMILES string of the molecule is CC1(C)c2ccccc2N(c2cccc(-c3ccc(N(c4cc(-c5ccccc5)cc(-c5ccccc5)c4)c4cc(-c5ccccc5)cc(-c5ccccc5)c4)cc3)c2)c2ccccc21. The zero-order valence-corrected chi connectivity index (χ0v) is 36.6. The number of anilines is 6. The van der Waals surface area contributed by atoms with Crippen LogP contribution in [-0.4, -0.2) is 0 Å². The first-order valence-corrected chi connectivity index (χ1v) is 22.5. The van der Waals surface area contributed by atoms with Crippen LogP contribution in [0.1, 0.15) is 25.0 Å². The second-order valence-corrected chi connectivity index (χ2v) is 17.4. The maximum Gasteiger partial charge on any atom is 0.0502 e. The predicted octanol–water partition coefficient (Wildman–Crippen LogP) is 17.6. The predicted molar refractivity (Wildman–Crippen MR) is 275 cm³/mol. The van der Waals surface area contributed by atoms with E-state index in [9.17, 15) is 0 Å². The van der Waals surface area contributed by atoms with Gasteiger partial charge in [-0.1, -0.05) is 196 Å². The molecule has 0 amide bonds. The molecule has 0 N–H and O–H groups in total. The highest BCUT2D eigenvalue weighted by molar-refractivity contribution is 5.90. The molecule has 0 aliphatic carbocycles. The number of fused-ring (bicyclic) bond motifs is 2. The van der Waals surface area contributed by atoms with Gasteiger partial charge in [0.2, 0.25) is 0 Å². The fourth-order valence-electron chi connectivity index (χ4n) is 9.69. The standard InChI is InChI=1S/C63H48N2/c1-63(2)59-30-15-17-32-61(59)65(62-33-18-16-31-60(62)63)56-29-19-28-50(40-56)49-34-36-55(37-35-49)64(57-41-51(45-20-7-3-8-21-45)38-52(42-57)46-22-9-4-10-23-46)58-43-53(47-24-11-5-12-25-47)39-54(44-58)48-26-13-6-14-27-48/h3-44H,1-2H3. The lowest BCUT2D eigenvalue weighted by atomic mass is 9.73. The summed E-state index contributed by atoms with van der Waals surface area (Å²) in [5.74, 6) is 0. The van der Waals surface area contributed by atoms with Crippen molar-refractivity contribution in [3.63, 3.8) is 0 Å². The quantitative estimate of drug-likeness (QED) is 0.143. The van der Waals surface area contributed by atoms with Crippen molar-refractivity contribution < 1.29 is 0 Å². The van der Waals surface area contributed by atoms with Crippen LogP contribution in [0.2, 0.25) is 0 Å². The van der Waals surface area contributed by atoms with Gasteiger partial charge in [0.1, 0.15) is 0 Å². The molecule has 10 aromatic rings. The summed E-state index contributed by atoms with van der Waals surface area (Å²) in [6, 6.07) is 92.7. The molecular formula is C63H48N2. The summed E-state index contributed by atoms with van der Waals surface area (Å²) in [7, 11) is 0. The minimum atomic E-state index is -0.117. The average molecular weight is 833 g/mol. The van der Waals surface area contributed by atoms with Crippen LogP contribution in [0.4, 0.5) is 34.1 Å². The molecule has 0 atom stereocenters. The lowest BCUT2D eigenvalue weighted by Crippen LogP contribution is -2.30. The van der Waals surface area contributed by atoms with Crippen LogP contribution < -0.4 is 9.80 Å². The van der Waals surface area contributed by atoms with Crippen LogP contribution in [0.3, 0.4) is 0 Å². The molecule has 0 aromatic heterocycles. The smallest absolute Gasteiger partial charge is 0.0502 e. The Hall–Kier alpha value is -8.20. The van der Waals surface area contributed by atoms with Crippen LogP contribution in [0, 0.1) is 0 Å². The number of nitrogens with zero attached hydrogens (tertiary/aromatic N) is 2. The van der Waals surface area contributed by atoms with Gasteiger partial charge < -0.3 is 9.80 Å². The van der Waals surface area contributed by atoms with Crippen molar-refractivity contribution in [3.8, 4) is 55.6 Å². The first-order valence-electron chi connectivity index (χ1n) is 22.5. The monoisotopic (exact) mass is 832 g/mol. The first-order chi connectivity index (χ1) is 32.0. The van der Waals surface area contributed by atoms with Gasteiger partial charge in [0.05, 0.1) is 11.4 Å². The molecule has 0 bridgehead atoms. The molecule has 0 radical (unpaired) electrons. The molecule has 310 valence electrons.